The number of halogens is 2. The van der Waals surface area contributed by atoms with E-state index in [1.54, 1.807) is 12.1 Å². The molecule has 26 heavy (non-hydrogen) atoms. The average Bonchev–Trinajstić information content (AvgIpc) is 2.65. The minimum absolute atomic E-state index is 0.00155. The van der Waals surface area contributed by atoms with Crippen LogP contribution in [0.3, 0.4) is 0 Å². The number of amides is 1. The third-order valence-electron chi connectivity index (χ3n) is 4.24. The Morgan fingerprint density at radius 2 is 1.65 bits per heavy atom. The number of likely N-dealkylation sites (N-methyl/N-ethyl adjacent to an activating group) is 1. The lowest BCUT2D eigenvalue weighted by atomic mass is 10.0. The molecule has 0 radical (unpaired) electrons. The maximum absolute atomic E-state index is 12.5. The Bertz CT molecular complexity index is 691. The summed E-state index contributed by atoms with van der Waals surface area (Å²) >= 11 is 0. The number of nitrogens with one attached hydrogen (secondary N) is 1. The van der Waals surface area contributed by atoms with E-state index in [0.717, 1.165) is 18.7 Å². The van der Waals surface area contributed by atoms with Crippen molar-refractivity contribution in [3.05, 3.63) is 65.7 Å². The molecule has 2 aromatic carbocycles. The number of hydrogen-bond acceptors (Lipinski definition) is 3. The molecule has 0 unspecified atom stereocenters. The molecule has 0 heterocycles. The fourth-order valence-corrected chi connectivity index (χ4v) is 2.93. The summed E-state index contributed by atoms with van der Waals surface area (Å²) in [4.78, 5) is 14.8. The molecule has 0 saturated carbocycles. The summed E-state index contributed by atoms with van der Waals surface area (Å²) in [5.74, 6) is -0.562. The van der Waals surface area contributed by atoms with Crippen LogP contribution in [-0.4, -0.2) is 37.1 Å². The first kappa shape index (κ1) is 19.8. The number of ether oxygens (including phenoxy) is 1. The van der Waals surface area contributed by atoms with Crippen LogP contribution in [-0.2, 0) is 0 Å². The van der Waals surface area contributed by atoms with Crippen LogP contribution in [0.4, 0.5) is 8.78 Å². The van der Waals surface area contributed by atoms with Gasteiger partial charge in [-0.3, -0.25) is 9.69 Å². The van der Waals surface area contributed by atoms with E-state index in [9.17, 15) is 13.6 Å². The fourth-order valence-electron chi connectivity index (χ4n) is 2.93. The lowest BCUT2D eigenvalue weighted by Gasteiger charge is -2.30. The highest BCUT2D eigenvalue weighted by Gasteiger charge is 2.20. The molecular formula is C20H24F2N2O2. The summed E-state index contributed by atoms with van der Waals surface area (Å²) in [6, 6.07) is 15.9. The first-order chi connectivity index (χ1) is 12.6. The van der Waals surface area contributed by atoms with Crippen LogP contribution in [0, 0.1) is 0 Å². The quantitative estimate of drug-likeness (QED) is 0.730. The van der Waals surface area contributed by atoms with Gasteiger partial charge in [0.25, 0.3) is 5.91 Å². The van der Waals surface area contributed by atoms with Crippen LogP contribution in [0.2, 0.25) is 0 Å². The molecule has 4 nitrogen and oxygen atoms in total. The molecule has 140 valence electrons. The lowest BCUT2D eigenvalue weighted by molar-refractivity contribution is -0.0501. The van der Waals surface area contributed by atoms with Gasteiger partial charge in [0.2, 0.25) is 0 Å². The zero-order valence-electron chi connectivity index (χ0n) is 15.0. The third kappa shape index (κ3) is 5.26. The maximum atomic E-state index is 12.5. The van der Waals surface area contributed by atoms with Crippen molar-refractivity contribution in [2.24, 2.45) is 0 Å². The highest BCUT2D eigenvalue weighted by molar-refractivity contribution is 5.96. The standard InChI is InChI=1S/C20H24F2N2O2/c1-3-24(4-2)17(15-10-6-5-7-11-15)14-23-19(25)16-12-8-9-13-18(16)26-20(21)22/h5-13,17,20H,3-4,14H2,1-2H3,(H,23,25)/t17-/m1/s1. The summed E-state index contributed by atoms with van der Waals surface area (Å²) in [5, 5.41) is 2.85. The molecule has 0 bridgehead atoms. The number of carbonyl (C=O) groups is 1. The third-order valence-corrected chi connectivity index (χ3v) is 4.24. The van der Waals surface area contributed by atoms with Crippen LogP contribution in [0.1, 0.15) is 35.8 Å². The SMILES string of the molecule is CCN(CC)[C@H](CNC(=O)c1ccccc1OC(F)F)c1ccccc1. The molecule has 0 aliphatic rings. The number of carbonyl (C=O) groups excluding carboxylic acids is 1. The smallest absolute Gasteiger partial charge is 0.387 e. The minimum atomic E-state index is -2.98. The fraction of sp³-hybridized carbons (Fsp3) is 0.350. The van der Waals surface area contributed by atoms with Crippen molar-refractivity contribution < 1.29 is 18.3 Å². The van der Waals surface area contributed by atoms with Crippen LogP contribution in [0.5, 0.6) is 5.75 Å². The molecular weight excluding hydrogens is 338 g/mol. The van der Waals surface area contributed by atoms with Gasteiger partial charge in [-0.2, -0.15) is 8.78 Å². The van der Waals surface area contributed by atoms with E-state index in [1.165, 1.54) is 12.1 Å². The number of hydrogen-bond donors (Lipinski definition) is 1. The van der Waals surface area contributed by atoms with Gasteiger partial charge in [0.05, 0.1) is 11.6 Å². The van der Waals surface area contributed by atoms with E-state index >= 15 is 0 Å². The summed E-state index contributed by atoms with van der Waals surface area (Å²) < 4.78 is 29.5. The van der Waals surface area contributed by atoms with Crippen LogP contribution in [0.15, 0.2) is 54.6 Å². The molecule has 0 saturated heterocycles. The Kier molecular flexibility index (Phi) is 7.53. The van der Waals surface area contributed by atoms with Crippen molar-refractivity contribution >= 4 is 5.91 Å². The van der Waals surface area contributed by atoms with Gasteiger partial charge in [-0.25, -0.2) is 0 Å². The van der Waals surface area contributed by atoms with E-state index in [1.807, 2.05) is 30.3 Å². The van der Waals surface area contributed by atoms with Gasteiger partial charge < -0.3 is 10.1 Å². The first-order valence-electron chi connectivity index (χ1n) is 8.67. The lowest BCUT2D eigenvalue weighted by Crippen LogP contribution is -2.38. The van der Waals surface area contributed by atoms with Gasteiger partial charge in [0.1, 0.15) is 5.75 Å². The zero-order chi connectivity index (χ0) is 18.9. The minimum Gasteiger partial charge on any atom is -0.434 e. The number of nitrogens with zero attached hydrogens (tertiary/aromatic N) is 1. The molecule has 2 aromatic rings. The molecule has 0 aliphatic heterocycles. The first-order valence-corrected chi connectivity index (χ1v) is 8.67. The predicted octanol–water partition coefficient (Wildman–Crippen LogP) is 4.10. The zero-order valence-corrected chi connectivity index (χ0v) is 15.0. The van der Waals surface area contributed by atoms with Crippen molar-refractivity contribution in [1.29, 1.82) is 0 Å². The van der Waals surface area contributed by atoms with Gasteiger partial charge in [-0.1, -0.05) is 56.3 Å². The number of rotatable bonds is 9. The van der Waals surface area contributed by atoms with Gasteiger partial charge in [-0.15, -0.1) is 0 Å². The Labute approximate surface area is 152 Å². The Balaban J connectivity index is 2.15. The molecule has 1 atom stereocenters. The predicted molar refractivity (Wildman–Crippen MR) is 97.5 cm³/mol. The van der Waals surface area contributed by atoms with Gasteiger partial charge in [0.15, 0.2) is 0 Å². The average molecular weight is 362 g/mol. The van der Waals surface area contributed by atoms with Crippen LogP contribution in [0.25, 0.3) is 0 Å². The number of para-hydroxylation sites is 1. The summed E-state index contributed by atoms with van der Waals surface area (Å²) in [6.07, 6.45) is 0. The molecule has 6 heteroatoms. The maximum Gasteiger partial charge on any atom is 0.387 e. The summed E-state index contributed by atoms with van der Waals surface area (Å²) in [5.41, 5.74) is 1.19. The van der Waals surface area contributed by atoms with Crippen molar-refractivity contribution in [3.8, 4) is 5.75 Å². The van der Waals surface area contributed by atoms with Crippen molar-refractivity contribution in [2.75, 3.05) is 19.6 Å². The Morgan fingerprint density at radius 3 is 2.27 bits per heavy atom. The van der Waals surface area contributed by atoms with Crippen molar-refractivity contribution in [2.45, 2.75) is 26.5 Å². The summed E-state index contributed by atoms with van der Waals surface area (Å²) in [6.45, 7) is 3.18. The van der Waals surface area contributed by atoms with Gasteiger partial charge in [-0.05, 0) is 30.8 Å². The van der Waals surface area contributed by atoms with Crippen molar-refractivity contribution in [3.63, 3.8) is 0 Å². The molecule has 1 amide bonds. The van der Waals surface area contributed by atoms with Gasteiger partial charge in [0, 0.05) is 6.54 Å². The molecule has 2 rings (SSSR count). The largest absolute Gasteiger partial charge is 0.434 e. The molecule has 0 aromatic heterocycles. The van der Waals surface area contributed by atoms with E-state index in [-0.39, 0.29) is 17.4 Å². The second-order valence-corrected chi connectivity index (χ2v) is 5.73. The van der Waals surface area contributed by atoms with Gasteiger partial charge >= 0.3 is 6.61 Å². The number of alkyl halides is 2. The van der Waals surface area contributed by atoms with Crippen molar-refractivity contribution in [1.82, 2.24) is 10.2 Å². The molecule has 0 spiro atoms. The Morgan fingerprint density at radius 1 is 1.04 bits per heavy atom. The van der Waals surface area contributed by atoms with E-state index < -0.39 is 12.5 Å². The van der Waals surface area contributed by atoms with E-state index in [0.29, 0.717) is 6.54 Å². The second kappa shape index (κ2) is 9.87. The highest BCUT2D eigenvalue weighted by atomic mass is 19.3. The normalized spacial score (nSPS) is 12.2. The highest BCUT2D eigenvalue weighted by Crippen LogP contribution is 2.22. The topological polar surface area (TPSA) is 41.6 Å². The monoisotopic (exact) mass is 362 g/mol. The molecule has 0 aliphatic carbocycles. The van der Waals surface area contributed by atoms with Crippen LogP contribution >= 0.6 is 0 Å². The van der Waals surface area contributed by atoms with E-state index in [4.69, 9.17) is 0 Å². The van der Waals surface area contributed by atoms with E-state index in [2.05, 4.69) is 28.8 Å². The summed E-state index contributed by atoms with van der Waals surface area (Å²) in [7, 11) is 0. The molecule has 0 fully saturated rings. The number of benzene rings is 2. The van der Waals surface area contributed by atoms with Crippen LogP contribution < -0.4 is 10.1 Å². The second-order valence-electron chi connectivity index (χ2n) is 5.73. The molecule has 1 N–H and O–H groups in total. The Hall–Kier alpha value is -2.47.